The van der Waals surface area contributed by atoms with Crippen LogP contribution in [-0.2, 0) is 11.0 Å². The molecule has 2 aromatic rings. The molecule has 2 saturated heterocycles. The smallest absolute Gasteiger partial charge is 0.355 e. The zero-order valence-electron chi connectivity index (χ0n) is 18.3. The first-order valence-corrected chi connectivity index (χ1v) is 10.9. The molecule has 4 heterocycles. The molecule has 32 heavy (non-hydrogen) atoms. The molecule has 2 fully saturated rings. The first kappa shape index (κ1) is 22.3. The van der Waals surface area contributed by atoms with Crippen molar-refractivity contribution in [2.24, 2.45) is 5.92 Å². The molecule has 0 spiro atoms. The summed E-state index contributed by atoms with van der Waals surface area (Å²) in [5, 5.41) is 0. The molecular weight excluding hydrogens is 421 g/mol. The molecule has 1 amide bonds. The van der Waals surface area contributed by atoms with E-state index in [1.54, 1.807) is 4.90 Å². The topological polar surface area (TPSA) is 65.5 Å². The van der Waals surface area contributed by atoms with Crippen LogP contribution in [0.3, 0.4) is 0 Å². The van der Waals surface area contributed by atoms with E-state index in [-0.39, 0.29) is 24.2 Å². The molecule has 0 bridgehead atoms. The Balaban J connectivity index is 1.40. The zero-order valence-corrected chi connectivity index (χ0v) is 18.3. The average Bonchev–Trinajstić information content (AvgIpc) is 2.77. The molecule has 0 N–H and O–H groups in total. The van der Waals surface area contributed by atoms with Gasteiger partial charge in [-0.15, -0.1) is 0 Å². The molecule has 10 heteroatoms. The minimum atomic E-state index is -4.48. The van der Waals surface area contributed by atoms with E-state index in [0.717, 1.165) is 17.6 Å². The van der Waals surface area contributed by atoms with Crippen LogP contribution in [0.4, 0.5) is 24.8 Å². The van der Waals surface area contributed by atoms with Gasteiger partial charge in [-0.1, -0.05) is 0 Å². The van der Waals surface area contributed by atoms with E-state index in [0.29, 0.717) is 51.4 Å². The molecule has 0 radical (unpaired) electrons. The van der Waals surface area contributed by atoms with Crippen LogP contribution in [0.25, 0.3) is 0 Å². The maximum Gasteiger partial charge on any atom is 0.419 e. The lowest BCUT2D eigenvalue weighted by molar-refractivity contribution is -0.137. The lowest BCUT2D eigenvalue weighted by Crippen LogP contribution is -2.53. The summed E-state index contributed by atoms with van der Waals surface area (Å²) in [5.41, 5.74) is 0.151. The molecule has 7 nitrogen and oxygen atoms in total. The van der Waals surface area contributed by atoms with E-state index in [1.807, 2.05) is 24.8 Å². The number of piperazine rings is 1. The Morgan fingerprint density at radius 3 is 2.50 bits per heavy atom. The third-order valence-electron chi connectivity index (χ3n) is 6.03. The SMILES string of the molecule is Cc1cc(N2CCN(C(=O)C3CCCN(c4ncccc4C(F)(F)F)C3)CC2)nc(C)n1. The van der Waals surface area contributed by atoms with E-state index < -0.39 is 11.7 Å². The Labute approximate surface area is 185 Å². The normalized spacial score (nSPS) is 19.9. The molecule has 2 aromatic heterocycles. The van der Waals surface area contributed by atoms with Crippen molar-refractivity contribution in [2.75, 3.05) is 49.1 Å². The number of carbonyl (C=O) groups excluding carboxylic acids is 1. The molecular formula is C22H27F3N6O. The average molecular weight is 448 g/mol. The number of halogens is 3. The van der Waals surface area contributed by atoms with Crippen LogP contribution in [0.5, 0.6) is 0 Å². The Hall–Kier alpha value is -2.91. The number of aryl methyl sites for hydroxylation is 2. The summed E-state index contributed by atoms with van der Waals surface area (Å²) >= 11 is 0. The molecule has 1 unspecified atom stereocenters. The van der Waals surface area contributed by atoms with Gasteiger partial charge in [-0.2, -0.15) is 13.2 Å². The van der Waals surface area contributed by atoms with Gasteiger partial charge in [0.15, 0.2) is 0 Å². The molecule has 0 aliphatic carbocycles. The maximum atomic E-state index is 13.4. The maximum absolute atomic E-state index is 13.4. The number of alkyl halides is 3. The first-order valence-electron chi connectivity index (χ1n) is 10.9. The molecule has 0 saturated carbocycles. The summed E-state index contributed by atoms with van der Waals surface area (Å²) in [5.74, 6) is 1.17. The number of amides is 1. The minimum absolute atomic E-state index is 0.00823. The summed E-state index contributed by atoms with van der Waals surface area (Å²) in [6.45, 7) is 6.96. The Morgan fingerprint density at radius 1 is 1.06 bits per heavy atom. The second kappa shape index (κ2) is 8.91. The molecule has 172 valence electrons. The van der Waals surface area contributed by atoms with Crippen LogP contribution in [0.1, 0.15) is 29.9 Å². The van der Waals surface area contributed by atoms with Gasteiger partial charge in [0.25, 0.3) is 0 Å². The van der Waals surface area contributed by atoms with Crippen molar-refractivity contribution in [3.05, 3.63) is 41.5 Å². The summed E-state index contributed by atoms with van der Waals surface area (Å²) in [4.78, 5) is 31.5. The van der Waals surface area contributed by atoms with Crippen molar-refractivity contribution in [3.8, 4) is 0 Å². The van der Waals surface area contributed by atoms with Crippen LogP contribution in [0.15, 0.2) is 24.4 Å². The van der Waals surface area contributed by atoms with Gasteiger partial charge in [0.1, 0.15) is 17.5 Å². The van der Waals surface area contributed by atoms with E-state index in [1.165, 1.54) is 12.3 Å². The molecule has 2 aliphatic rings. The Morgan fingerprint density at radius 2 is 1.81 bits per heavy atom. The van der Waals surface area contributed by atoms with Crippen molar-refractivity contribution in [1.82, 2.24) is 19.9 Å². The number of nitrogens with zero attached hydrogens (tertiary/aromatic N) is 6. The van der Waals surface area contributed by atoms with Gasteiger partial charge in [-0.3, -0.25) is 4.79 Å². The highest BCUT2D eigenvalue weighted by molar-refractivity contribution is 5.80. The van der Waals surface area contributed by atoms with Gasteiger partial charge in [-0.05, 0) is 38.8 Å². The van der Waals surface area contributed by atoms with E-state index in [2.05, 4.69) is 19.9 Å². The number of hydrogen-bond donors (Lipinski definition) is 0. The fraction of sp³-hybridized carbons (Fsp3) is 0.545. The molecule has 1 atom stereocenters. The van der Waals surface area contributed by atoms with Crippen LogP contribution in [0.2, 0.25) is 0 Å². The van der Waals surface area contributed by atoms with Crippen molar-refractivity contribution in [2.45, 2.75) is 32.9 Å². The Kier molecular flexibility index (Phi) is 6.21. The number of piperidine rings is 1. The van der Waals surface area contributed by atoms with Crippen molar-refractivity contribution >= 4 is 17.5 Å². The number of carbonyl (C=O) groups is 1. The van der Waals surface area contributed by atoms with E-state index >= 15 is 0 Å². The third kappa shape index (κ3) is 4.78. The Bertz CT molecular complexity index is 954. The summed E-state index contributed by atoms with van der Waals surface area (Å²) in [7, 11) is 0. The molecule has 0 aromatic carbocycles. The highest BCUT2D eigenvalue weighted by atomic mass is 19.4. The fourth-order valence-corrected chi connectivity index (χ4v) is 4.51. The quantitative estimate of drug-likeness (QED) is 0.719. The lowest BCUT2D eigenvalue weighted by Gasteiger charge is -2.40. The number of rotatable bonds is 3. The van der Waals surface area contributed by atoms with E-state index in [9.17, 15) is 18.0 Å². The third-order valence-corrected chi connectivity index (χ3v) is 6.03. The van der Waals surface area contributed by atoms with E-state index in [4.69, 9.17) is 0 Å². The highest BCUT2D eigenvalue weighted by Gasteiger charge is 2.38. The van der Waals surface area contributed by atoms with Gasteiger partial charge in [-0.25, -0.2) is 15.0 Å². The number of hydrogen-bond acceptors (Lipinski definition) is 6. The lowest BCUT2D eigenvalue weighted by atomic mass is 9.95. The first-order chi connectivity index (χ1) is 15.2. The van der Waals surface area contributed by atoms with Crippen LogP contribution in [-0.4, -0.2) is 65.0 Å². The van der Waals surface area contributed by atoms with Crippen LogP contribution in [0, 0.1) is 19.8 Å². The number of anilines is 2. The molecule has 4 rings (SSSR count). The van der Waals surface area contributed by atoms with Crippen molar-refractivity contribution < 1.29 is 18.0 Å². The summed E-state index contributed by atoms with van der Waals surface area (Å²) in [6, 6.07) is 4.27. The van der Waals surface area contributed by atoms with Gasteiger partial charge in [0.2, 0.25) is 5.91 Å². The van der Waals surface area contributed by atoms with Gasteiger partial charge < -0.3 is 14.7 Å². The minimum Gasteiger partial charge on any atom is -0.355 e. The van der Waals surface area contributed by atoms with Crippen LogP contribution < -0.4 is 9.80 Å². The number of aromatic nitrogens is 3. The standard InChI is InChI=1S/C22H27F3N6O/c1-15-13-19(28-16(2)27-15)29-9-11-30(12-10-29)21(32)17-5-4-8-31(14-17)20-18(22(23,24)25)6-3-7-26-20/h3,6-7,13,17H,4-5,8-12,14H2,1-2H3. The summed E-state index contributed by atoms with van der Waals surface area (Å²) in [6.07, 6.45) is -1.78. The second-order valence-corrected chi connectivity index (χ2v) is 8.38. The fourth-order valence-electron chi connectivity index (χ4n) is 4.51. The summed E-state index contributed by atoms with van der Waals surface area (Å²) < 4.78 is 40.3. The van der Waals surface area contributed by atoms with Gasteiger partial charge in [0.05, 0.1) is 11.5 Å². The predicted octanol–water partition coefficient (Wildman–Crippen LogP) is 3.07. The van der Waals surface area contributed by atoms with Crippen LogP contribution >= 0.6 is 0 Å². The highest BCUT2D eigenvalue weighted by Crippen LogP contribution is 2.36. The van der Waals surface area contributed by atoms with Gasteiger partial charge >= 0.3 is 6.18 Å². The van der Waals surface area contributed by atoms with Crippen molar-refractivity contribution in [1.29, 1.82) is 0 Å². The second-order valence-electron chi connectivity index (χ2n) is 8.38. The predicted molar refractivity (Wildman–Crippen MR) is 114 cm³/mol. The monoisotopic (exact) mass is 448 g/mol. The van der Waals surface area contributed by atoms with Gasteiger partial charge in [0, 0.05) is 57.2 Å². The molecule has 2 aliphatic heterocycles. The zero-order chi connectivity index (χ0) is 22.9. The largest absolute Gasteiger partial charge is 0.419 e. The number of pyridine rings is 1. The van der Waals surface area contributed by atoms with Crippen molar-refractivity contribution in [3.63, 3.8) is 0 Å².